The van der Waals surface area contributed by atoms with Crippen LogP contribution in [0.3, 0.4) is 0 Å². The molecule has 0 saturated carbocycles. The zero-order valence-electron chi connectivity index (χ0n) is 14.6. The summed E-state index contributed by atoms with van der Waals surface area (Å²) in [7, 11) is 0. The van der Waals surface area contributed by atoms with Gasteiger partial charge in [-0.2, -0.15) is 0 Å². The van der Waals surface area contributed by atoms with E-state index in [0.29, 0.717) is 13.1 Å². The fraction of sp³-hybridized carbons (Fsp3) is 0.238. The van der Waals surface area contributed by atoms with Gasteiger partial charge in [0, 0.05) is 38.6 Å². The Bertz CT molecular complexity index is 785. The fourth-order valence-corrected chi connectivity index (χ4v) is 3.59. The Labute approximate surface area is 153 Å². The number of benzene rings is 2. The van der Waals surface area contributed by atoms with Crippen molar-refractivity contribution in [3.05, 3.63) is 90.5 Å². The third kappa shape index (κ3) is 3.39. The molecule has 5 nitrogen and oxygen atoms in total. The molecular weight excluding hydrogens is 324 g/mol. The quantitative estimate of drug-likeness (QED) is 0.731. The van der Waals surface area contributed by atoms with Gasteiger partial charge in [-0.3, -0.25) is 9.47 Å². The molecule has 0 N–H and O–H groups in total. The van der Waals surface area contributed by atoms with Crippen LogP contribution in [-0.4, -0.2) is 51.6 Å². The van der Waals surface area contributed by atoms with Crippen LogP contribution >= 0.6 is 0 Å². The monoisotopic (exact) mass is 346 g/mol. The Morgan fingerprint density at radius 2 is 1.42 bits per heavy atom. The number of nitrogens with zero attached hydrogens (tertiary/aromatic N) is 4. The summed E-state index contributed by atoms with van der Waals surface area (Å²) in [6, 6.07) is 21.4. The number of carbonyl (C=O) groups is 1. The summed E-state index contributed by atoms with van der Waals surface area (Å²) < 4.78 is 1.54. The molecule has 0 aliphatic carbocycles. The van der Waals surface area contributed by atoms with Crippen molar-refractivity contribution in [3.63, 3.8) is 0 Å². The van der Waals surface area contributed by atoms with Crippen molar-refractivity contribution < 1.29 is 4.79 Å². The number of carbonyl (C=O) groups excluding carboxylic acids is 1. The van der Waals surface area contributed by atoms with Crippen LogP contribution in [0.15, 0.2) is 79.4 Å². The highest BCUT2D eigenvalue weighted by atomic mass is 16.2. The number of rotatable bonds is 3. The van der Waals surface area contributed by atoms with Gasteiger partial charge in [-0.15, -0.1) is 0 Å². The first-order chi connectivity index (χ1) is 12.8. The molecule has 5 heteroatoms. The first kappa shape index (κ1) is 16.5. The van der Waals surface area contributed by atoms with Crippen LogP contribution in [-0.2, 0) is 0 Å². The zero-order chi connectivity index (χ0) is 17.8. The normalized spacial score (nSPS) is 15.3. The van der Waals surface area contributed by atoms with Crippen molar-refractivity contribution in [1.82, 2.24) is 19.4 Å². The van der Waals surface area contributed by atoms with E-state index in [4.69, 9.17) is 0 Å². The Morgan fingerprint density at radius 3 is 1.92 bits per heavy atom. The minimum absolute atomic E-state index is 0.00174. The van der Waals surface area contributed by atoms with Crippen molar-refractivity contribution in [2.75, 3.05) is 26.2 Å². The van der Waals surface area contributed by atoms with Gasteiger partial charge in [0.1, 0.15) is 6.33 Å². The van der Waals surface area contributed by atoms with Crippen molar-refractivity contribution >= 4 is 6.03 Å². The van der Waals surface area contributed by atoms with Crippen LogP contribution < -0.4 is 0 Å². The number of imidazole rings is 1. The van der Waals surface area contributed by atoms with Gasteiger partial charge in [0.2, 0.25) is 0 Å². The van der Waals surface area contributed by atoms with E-state index in [-0.39, 0.29) is 12.1 Å². The van der Waals surface area contributed by atoms with Gasteiger partial charge < -0.3 is 4.90 Å². The van der Waals surface area contributed by atoms with E-state index < -0.39 is 0 Å². The molecule has 1 fully saturated rings. The van der Waals surface area contributed by atoms with Gasteiger partial charge in [0.05, 0.1) is 6.04 Å². The largest absolute Gasteiger partial charge is 0.329 e. The summed E-state index contributed by atoms with van der Waals surface area (Å²) in [4.78, 5) is 20.8. The predicted octanol–water partition coefficient (Wildman–Crippen LogP) is 3.26. The first-order valence-corrected chi connectivity index (χ1v) is 8.94. The molecule has 0 radical (unpaired) electrons. The third-order valence-electron chi connectivity index (χ3n) is 4.91. The lowest BCUT2D eigenvalue weighted by Crippen LogP contribution is -2.50. The lowest BCUT2D eigenvalue weighted by Gasteiger charge is -2.39. The summed E-state index contributed by atoms with van der Waals surface area (Å²) in [5, 5.41) is 0. The van der Waals surface area contributed by atoms with Gasteiger partial charge in [0.15, 0.2) is 0 Å². The van der Waals surface area contributed by atoms with E-state index in [9.17, 15) is 4.79 Å². The molecule has 3 aromatic rings. The van der Waals surface area contributed by atoms with E-state index in [1.807, 2.05) is 17.0 Å². The molecule has 2 heterocycles. The molecule has 0 bridgehead atoms. The molecule has 1 aliphatic rings. The highest BCUT2D eigenvalue weighted by molar-refractivity contribution is 5.76. The minimum Gasteiger partial charge on any atom is -0.321 e. The third-order valence-corrected chi connectivity index (χ3v) is 4.91. The molecule has 2 aromatic carbocycles. The van der Waals surface area contributed by atoms with E-state index in [0.717, 1.165) is 13.1 Å². The number of hydrogen-bond acceptors (Lipinski definition) is 3. The van der Waals surface area contributed by atoms with Crippen molar-refractivity contribution in [2.45, 2.75) is 6.04 Å². The molecular formula is C21H22N4O. The van der Waals surface area contributed by atoms with E-state index in [1.54, 1.807) is 23.3 Å². The van der Waals surface area contributed by atoms with Crippen molar-refractivity contribution in [2.24, 2.45) is 0 Å². The molecule has 1 aliphatic heterocycles. The molecule has 4 rings (SSSR count). The second-order valence-electron chi connectivity index (χ2n) is 6.50. The zero-order valence-corrected chi connectivity index (χ0v) is 14.6. The number of amides is 1. The number of aromatic nitrogens is 2. The predicted molar refractivity (Wildman–Crippen MR) is 101 cm³/mol. The van der Waals surface area contributed by atoms with Crippen LogP contribution in [0.2, 0.25) is 0 Å². The molecule has 1 aromatic heterocycles. The van der Waals surface area contributed by atoms with Crippen LogP contribution in [0.5, 0.6) is 0 Å². The highest BCUT2D eigenvalue weighted by Crippen LogP contribution is 2.29. The second-order valence-corrected chi connectivity index (χ2v) is 6.50. The van der Waals surface area contributed by atoms with Crippen molar-refractivity contribution in [3.8, 4) is 0 Å². The average molecular weight is 346 g/mol. The molecule has 1 amide bonds. The SMILES string of the molecule is O=C(N1CCN(C(c2ccccc2)c2ccccc2)CC1)n1ccnc1. The van der Waals surface area contributed by atoms with Gasteiger partial charge in [-0.05, 0) is 11.1 Å². The van der Waals surface area contributed by atoms with Gasteiger partial charge in [0.25, 0.3) is 0 Å². The highest BCUT2D eigenvalue weighted by Gasteiger charge is 2.28. The Balaban J connectivity index is 1.52. The second kappa shape index (κ2) is 7.54. The molecule has 0 atom stereocenters. The summed E-state index contributed by atoms with van der Waals surface area (Å²) >= 11 is 0. The van der Waals surface area contributed by atoms with Gasteiger partial charge in [-0.1, -0.05) is 60.7 Å². The van der Waals surface area contributed by atoms with Gasteiger partial charge >= 0.3 is 6.03 Å². The maximum Gasteiger partial charge on any atom is 0.329 e. The smallest absolute Gasteiger partial charge is 0.321 e. The molecule has 132 valence electrons. The topological polar surface area (TPSA) is 41.4 Å². The molecule has 0 unspecified atom stereocenters. The molecule has 1 saturated heterocycles. The number of hydrogen-bond donors (Lipinski definition) is 0. The van der Waals surface area contributed by atoms with Gasteiger partial charge in [-0.25, -0.2) is 9.78 Å². The van der Waals surface area contributed by atoms with E-state index in [2.05, 4.69) is 58.4 Å². The Hall–Kier alpha value is -2.92. The minimum atomic E-state index is -0.00174. The van der Waals surface area contributed by atoms with Crippen LogP contribution in [0.4, 0.5) is 4.79 Å². The first-order valence-electron chi connectivity index (χ1n) is 8.94. The number of piperazine rings is 1. The van der Waals surface area contributed by atoms with Crippen LogP contribution in [0.25, 0.3) is 0 Å². The standard InChI is InChI=1S/C21H22N4O/c26-21(25-12-11-22-17-25)24-15-13-23(14-16-24)20(18-7-3-1-4-8-18)19-9-5-2-6-10-19/h1-12,17,20H,13-16H2. The Kier molecular flexibility index (Phi) is 4.80. The maximum absolute atomic E-state index is 12.5. The average Bonchev–Trinajstić information content (AvgIpc) is 3.25. The fourth-order valence-electron chi connectivity index (χ4n) is 3.59. The van der Waals surface area contributed by atoms with E-state index >= 15 is 0 Å². The Morgan fingerprint density at radius 1 is 0.846 bits per heavy atom. The molecule has 0 spiro atoms. The van der Waals surface area contributed by atoms with Crippen LogP contribution in [0, 0.1) is 0 Å². The lowest BCUT2D eigenvalue weighted by atomic mass is 9.96. The summed E-state index contributed by atoms with van der Waals surface area (Å²) in [6.45, 7) is 3.12. The molecule has 26 heavy (non-hydrogen) atoms. The lowest BCUT2D eigenvalue weighted by molar-refractivity contribution is 0.121. The van der Waals surface area contributed by atoms with Crippen LogP contribution in [0.1, 0.15) is 17.2 Å². The summed E-state index contributed by atoms with van der Waals surface area (Å²) in [5.74, 6) is 0. The summed E-state index contributed by atoms with van der Waals surface area (Å²) in [5.41, 5.74) is 2.57. The van der Waals surface area contributed by atoms with Crippen molar-refractivity contribution in [1.29, 1.82) is 0 Å². The van der Waals surface area contributed by atoms with E-state index in [1.165, 1.54) is 11.1 Å². The maximum atomic E-state index is 12.5. The summed E-state index contributed by atoms with van der Waals surface area (Å²) in [6.07, 6.45) is 4.89.